The minimum atomic E-state index is -6.10. The van der Waals surface area contributed by atoms with E-state index >= 15 is 0 Å². The summed E-state index contributed by atoms with van der Waals surface area (Å²) in [6.45, 7) is 0. The molecule has 16 nitrogen and oxygen atoms in total. The fourth-order valence-corrected chi connectivity index (χ4v) is 0. The molecule has 0 atom stereocenters. The minimum absolute atomic E-state index is 0. The van der Waals surface area contributed by atoms with Crippen molar-refractivity contribution in [3.63, 3.8) is 0 Å². The fraction of sp³-hybridized carbons (Fsp3) is 0. The van der Waals surface area contributed by atoms with Crippen molar-refractivity contribution in [2.75, 3.05) is 0 Å². The van der Waals surface area contributed by atoms with Crippen LogP contribution < -0.4 is 40.6 Å². The third kappa shape index (κ3) is 751. The van der Waals surface area contributed by atoms with Crippen molar-refractivity contribution >= 4 is 80.2 Å². The summed E-state index contributed by atoms with van der Waals surface area (Å²) in [5.41, 5.74) is 0. The molecule has 0 aromatic carbocycles. The molecule has 0 spiro atoms. The molecule has 0 aliphatic heterocycles. The monoisotopic (exact) mass is 1010 g/mol. The summed E-state index contributed by atoms with van der Waals surface area (Å²) in [6, 6.07) is 0. The summed E-state index contributed by atoms with van der Waals surface area (Å²) in [7, 11) is 0. The molecule has 128 valence electrons. The summed E-state index contributed by atoms with van der Waals surface area (Å²) in [4.78, 5) is 0. The molecule has 0 saturated heterocycles. The van der Waals surface area contributed by atoms with Crippen LogP contribution in [0.2, 0.25) is 0 Å². The second kappa shape index (κ2) is 21.4. The summed E-state index contributed by atoms with van der Waals surface area (Å²) in [6.07, 6.45) is 0. The third-order valence-electron chi connectivity index (χ3n) is 0. The Labute approximate surface area is 207 Å². The van der Waals surface area contributed by atoms with Crippen molar-refractivity contribution in [1.29, 1.82) is 0 Å². The van der Waals surface area contributed by atoms with Gasteiger partial charge in [0.2, 0.25) is 0 Å². The van der Waals surface area contributed by atoms with E-state index in [9.17, 15) is 0 Å². The Morgan fingerprint density at radius 1 is 0.304 bits per heavy atom. The van der Waals surface area contributed by atoms with Crippen molar-refractivity contribution < 1.29 is 131 Å². The van der Waals surface area contributed by atoms with Crippen molar-refractivity contribution in [1.82, 2.24) is 0 Å². The van der Waals surface area contributed by atoms with Crippen LogP contribution in [0.4, 0.5) is 0 Å². The molecule has 0 unspecified atom stereocenters. The second-order valence-electron chi connectivity index (χ2n) is 1.79. The molecule has 0 radical (unpaired) electrons. The molecular formula is O16Sb4Zr3. The topological polar surface area (TPSA) is 345 Å². The molecule has 0 aliphatic rings. The smallest absolute Gasteiger partial charge is 4.00 e. The zero-order valence-electron chi connectivity index (χ0n) is 9.82. The van der Waals surface area contributed by atoms with Gasteiger partial charge >= 0.3 is 212 Å². The van der Waals surface area contributed by atoms with Crippen molar-refractivity contribution in [2.24, 2.45) is 0 Å². The molecule has 0 aliphatic carbocycles. The van der Waals surface area contributed by atoms with Crippen LogP contribution >= 0.6 is 0 Å². The molecule has 0 heterocycles. The quantitative estimate of drug-likeness (QED) is 0.203. The van der Waals surface area contributed by atoms with Gasteiger partial charge in [-0.25, -0.2) is 0 Å². The van der Waals surface area contributed by atoms with E-state index in [1.807, 2.05) is 0 Å². The standard InChI is InChI=1S/16O.4Sb.3Zr/q;;;;12*-1;;;;;3*+4. The summed E-state index contributed by atoms with van der Waals surface area (Å²) >= 11 is -24.4. The van der Waals surface area contributed by atoms with Gasteiger partial charge in [0.25, 0.3) is 0 Å². The first-order valence-electron chi connectivity index (χ1n) is 2.92. The van der Waals surface area contributed by atoms with Gasteiger partial charge < -0.3 is 0 Å². The molecule has 0 amide bonds. The maximum absolute atomic E-state index is 8.64. The average Bonchev–Trinajstić information content (AvgIpc) is 1.62. The Bertz CT molecular complexity index is 292. The largest absolute Gasteiger partial charge is 4.00 e. The molecule has 0 bridgehead atoms. The molecule has 0 rings (SSSR count). The van der Waals surface area contributed by atoms with E-state index < -0.39 is 80.2 Å². The Morgan fingerprint density at radius 3 is 0.304 bits per heavy atom. The second-order valence-corrected chi connectivity index (χ2v) is 12.0. The molecule has 23 heavy (non-hydrogen) atoms. The van der Waals surface area contributed by atoms with E-state index in [1.165, 1.54) is 0 Å². The van der Waals surface area contributed by atoms with Gasteiger partial charge in [0.05, 0.1) is 0 Å². The van der Waals surface area contributed by atoms with Crippen LogP contribution in [0.3, 0.4) is 0 Å². The van der Waals surface area contributed by atoms with E-state index in [0.717, 1.165) is 0 Å². The van der Waals surface area contributed by atoms with Crippen LogP contribution in [0, 0.1) is 0 Å². The molecule has 23 heteroatoms. The summed E-state index contributed by atoms with van der Waals surface area (Å²) in [5.74, 6) is 0. The maximum Gasteiger partial charge on any atom is 4.00 e. The van der Waals surface area contributed by atoms with Crippen LogP contribution in [0.1, 0.15) is 0 Å². The van der Waals surface area contributed by atoms with Crippen LogP contribution in [0.25, 0.3) is 0 Å². The molecule has 0 saturated carbocycles. The van der Waals surface area contributed by atoms with Gasteiger partial charge in [0.15, 0.2) is 0 Å². The predicted molar refractivity (Wildman–Crippen MR) is 25.8 cm³/mol. The van der Waals surface area contributed by atoms with Crippen molar-refractivity contribution in [2.45, 2.75) is 0 Å². The van der Waals surface area contributed by atoms with Gasteiger partial charge in [0, 0.05) is 0 Å². The van der Waals surface area contributed by atoms with Crippen LogP contribution in [-0.4, -0.2) is 80.2 Å². The molecule has 0 N–H and O–H groups in total. The minimum Gasteiger partial charge on any atom is 4.00 e. The first-order chi connectivity index (χ1) is 8.00. The Hall–Kier alpha value is 4.64. The molecule has 0 aromatic rings. The van der Waals surface area contributed by atoms with E-state index in [0.29, 0.717) is 0 Å². The van der Waals surface area contributed by atoms with Gasteiger partial charge in [-0.05, 0) is 0 Å². The average molecular weight is 1020 g/mol. The van der Waals surface area contributed by atoms with Gasteiger partial charge in [-0.2, -0.15) is 0 Å². The first-order valence-corrected chi connectivity index (χ1v) is 19.6. The van der Waals surface area contributed by atoms with Crippen LogP contribution in [0.5, 0.6) is 0 Å². The fourth-order valence-electron chi connectivity index (χ4n) is 0. The van der Waals surface area contributed by atoms with Gasteiger partial charge in [-0.1, -0.05) is 0 Å². The van der Waals surface area contributed by atoms with Gasteiger partial charge in [-0.3, -0.25) is 0 Å². The van der Waals surface area contributed by atoms with E-state index in [2.05, 4.69) is 0 Å². The Kier molecular flexibility index (Phi) is 42.8. The van der Waals surface area contributed by atoms with Crippen LogP contribution in [0.15, 0.2) is 0 Å². The third-order valence-corrected chi connectivity index (χ3v) is 0. The maximum atomic E-state index is 8.64. The summed E-state index contributed by atoms with van der Waals surface area (Å²) in [5, 5.41) is 0. The van der Waals surface area contributed by atoms with Crippen molar-refractivity contribution in [3.8, 4) is 0 Å². The zero-order chi connectivity index (χ0) is 18.0. The predicted octanol–water partition coefficient (Wildman–Crippen LogP) is -16.3. The van der Waals surface area contributed by atoms with Gasteiger partial charge in [-0.15, -0.1) is 0 Å². The van der Waals surface area contributed by atoms with E-state index in [1.54, 1.807) is 0 Å². The Morgan fingerprint density at radius 2 is 0.304 bits per heavy atom. The van der Waals surface area contributed by atoms with Gasteiger partial charge in [0.1, 0.15) is 0 Å². The first kappa shape index (κ1) is 46.0. The van der Waals surface area contributed by atoms with Crippen molar-refractivity contribution in [3.05, 3.63) is 0 Å². The SMILES string of the molecule is [O]=[Sb]([O-])([O-])[O-].[O]=[Sb]([O-])([O-])[O-].[O]=[Sb]([O-])([O-])[O-].[O]=[Sb]([O-])([O-])[O-].[Zr+4].[Zr+4].[Zr+4]. The normalized spacial score (nSPS) is 10.3. The Balaban J connectivity index is -0.0000000284. The molecule has 0 fully saturated rings. The van der Waals surface area contributed by atoms with E-state index in [-0.39, 0.29) is 78.6 Å². The molecule has 0 aromatic heterocycles. The zero-order valence-corrected chi connectivity index (χ0v) is 27.4. The summed E-state index contributed by atoms with van der Waals surface area (Å²) < 4.78 is 138. The van der Waals surface area contributed by atoms with E-state index in [4.69, 9.17) is 52.7 Å². The number of rotatable bonds is 0. The van der Waals surface area contributed by atoms with Crippen LogP contribution in [-0.2, 0) is 90.7 Å². The number of hydrogen-bond acceptors (Lipinski definition) is 16. The molecular weight excluding hydrogens is 1020 g/mol. The number of hydrogen-bond donors (Lipinski definition) is 0.